The fraction of sp³-hybridized carbons (Fsp3) is 0.556. The summed E-state index contributed by atoms with van der Waals surface area (Å²) in [5, 5.41) is 11.5. The first-order valence-corrected chi connectivity index (χ1v) is 22.8. The van der Waals surface area contributed by atoms with Gasteiger partial charge in [-0.1, -0.05) is 136 Å². The second kappa shape index (κ2) is 25.2. The standard InChI is InChI=1S/C54H78O4/c1-52(2,56-39-25-10-7-16-28-45-31-19-13-20-32-45)42-48-37-38-51(55)50(44-54(5,6)58-41-27-12-9-18-30-47-35-23-15-24-36-47)49(48)43-53(3,4)57-40-26-11-8-17-29-46-33-21-14-22-34-46/h13-15,19-24,31-38,55H,7-12,16-18,25-30,39-44H2,1-6H3. The fourth-order valence-corrected chi connectivity index (χ4v) is 8.11. The number of unbranched alkanes of at least 4 members (excludes halogenated alkanes) is 9. The first-order valence-electron chi connectivity index (χ1n) is 22.8. The van der Waals surface area contributed by atoms with Crippen molar-refractivity contribution in [2.75, 3.05) is 19.8 Å². The summed E-state index contributed by atoms with van der Waals surface area (Å²) in [6, 6.07) is 36.4. The summed E-state index contributed by atoms with van der Waals surface area (Å²) in [4.78, 5) is 0. The summed E-state index contributed by atoms with van der Waals surface area (Å²) in [6.07, 6.45) is 19.5. The van der Waals surface area contributed by atoms with Crippen LogP contribution in [0.1, 0.15) is 152 Å². The molecule has 4 rings (SSSR count). The van der Waals surface area contributed by atoms with Crippen molar-refractivity contribution in [3.8, 4) is 5.75 Å². The van der Waals surface area contributed by atoms with E-state index in [4.69, 9.17) is 14.2 Å². The topological polar surface area (TPSA) is 47.9 Å². The lowest BCUT2D eigenvalue weighted by Gasteiger charge is -2.33. The first kappa shape index (κ1) is 47.2. The van der Waals surface area contributed by atoms with Gasteiger partial charge in [0.2, 0.25) is 0 Å². The van der Waals surface area contributed by atoms with Crippen molar-refractivity contribution in [1.29, 1.82) is 0 Å². The highest BCUT2D eigenvalue weighted by atomic mass is 16.5. The van der Waals surface area contributed by atoms with Crippen LogP contribution in [0.25, 0.3) is 0 Å². The van der Waals surface area contributed by atoms with E-state index in [1.165, 1.54) is 79.2 Å². The van der Waals surface area contributed by atoms with Gasteiger partial charge in [0.1, 0.15) is 5.75 Å². The second-order valence-corrected chi connectivity index (χ2v) is 18.5. The van der Waals surface area contributed by atoms with Gasteiger partial charge in [-0.3, -0.25) is 0 Å². The molecular formula is C54H78O4. The molecule has 0 spiro atoms. The molecule has 0 unspecified atom stereocenters. The molecule has 4 nitrogen and oxygen atoms in total. The van der Waals surface area contributed by atoms with Gasteiger partial charge in [-0.05, 0) is 133 Å². The predicted molar refractivity (Wildman–Crippen MR) is 245 cm³/mol. The minimum Gasteiger partial charge on any atom is -0.508 e. The Balaban J connectivity index is 1.33. The number of benzene rings is 4. The normalized spacial score (nSPS) is 12.3. The van der Waals surface area contributed by atoms with Crippen molar-refractivity contribution < 1.29 is 19.3 Å². The number of hydrogen-bond acceptors (Lipinski definition) is 4. The molecule has 0 aliphatic rings. The Bertz CT molecular complexity index is 1660. The van der Waals surface area contributed by atoms with Crippen LogP contribution in [0.15, 0.2) is 103 Å². The number of ether oxygens (including phenoxy) is 3. The third-order valence-electron chi connectivity index (χ3n) is 11.4. The lowest BCUT2D eigenvalue weighted by Crippen LogP contribution is -2.33. The van der Waals surface area contributed by atoms with Crippen LogP contribution >= 0.6 is 0 Å². The van der Waals surface area contributed by atoms with E-state index in [0.29, 0.717) is 12.2 Å². The molecule has 4 aromatic carbocycles. The van der Waals surface area contributed by atoms with Gasteiger partial charge >= 0.3 is 0 Å². The molecule has 0 saturated heterocycles. The number of hydrogen-bond donors (Lipinski definition) is 1. The molecule has 0 radical (unpaired) electrons. The molecule has 0 atom stereocenters. The smallest absolute Gasteiger partial charge is 0.119 e. The highest BCUT2D eigenvalue weighted by Gasteiger charge is 2.30. The van der Waals surface area contributed by atoms with Gasteiger partial charge < -0.3 is 19.3 Å². The Morgan fingerprint density at radius 1 is 0.362 bits per heavy atom. The SMILES string of the molecule is CC(C)(Cc1ccc(O)c(CC(C)(C)OCCCCCCc2ccccc2)c1CC(C)(C)OCCCCCCc1ccccc1)OCCCCCCc1ccccc1. The van der Waals surface area contributed by atoms with Crippen molar-refractivity contribution in [2.24, 2.45) is 0 Å². The van der Waals surface area contributed by atoms with E-state index in [1.54, 1.807) is 0 Å². The summed E-state index contributed by atoms with van der Waals surface area (Å²) in [7, 11) is 0. The van der Waals surface area contributed by atoms with Crippen LogP contribution in [-0.4, -0.2) is 41.7 Å². The maximum atomic E-state index is 11.5. The lowest BCUT2D eigenvalue weighted by molar-refractivity contribution is -0.0253. The van der Waals surface area contributed by atoms with Gasteiger partial charge in [0, 0.05) is 44.6 Å². The average Bonchev–Trinajstić information content (AvgIpc) is 3.20. The number of phenolic OH excluding ortho intramolecular Hbond substituents is 1. The monoisotopic (exact) mass is 791 g/mol. The van der Waals surface area contributed by atoms with Crippen LogP contribution in [-0.2, 0) is 52.7 Å². The molecule has 0 aromatic heterocycles. The van der Waals surface area contributed by atoms with Crippen molar-refractivity contribution in [2.45, 2.75) is 174 Å². The summed E-state index contributed by atoms with van der Waals surface area (Å²) >= 11 is 0. The van der Waals surface area contributed by atoms with Gasteiger partial charge in [0.15, 0.2) is 0 Å². The molecule has 0 saturated carbocycles. The number of rotatable bonds is 30. The Morgan fingerprint density at radius 3 is 1.07 bits per heavy atom. The fourth-order valence-electron chi connectivity index (χ4n) is 8.11. The molecule has 0 fully saturated rings. The van der Waals surface area contributed by atoms with Crippen molar-refractivity contribution in [1.82, 2.24) is 0 Å². The summed E-state index contributed by atoms with van der Waals surface area (Å²) in [5.74, 6) is 0.347. The zero-order chi connectivity index (χ0) is 41.5. The molecule has 1 N–H and O–H groups in total. The summed E-state index contributed by atoms with van der Waals surface area (Å²) in [6.45, 7) is 15.4. The maximum absolute atomic E-state index is 11.5. The number of aryl methyl sites for hydroxylation is 3. The zero-order valence-electron chi connectivity index (χ0n) is 37.3. The summed E-state index contributed by atoms with van der Waals surface area (Å²) < 4.78 is 19.8. The molecule has 0 aliphatic carbocycles. The van der Waals surface area contributed by atoms with Crippen molar-refractivity contribution >= 4 is 0 Å². The molecule has 4 heteroatoms. The van der Waals surface area contributed by atoms with Crippen LogP contribution in [0.3, 0.4) is 0 Å². The summed E-state index contributed by atoms with van der Waals surface area (Å²) in [5.41, 5.74) is 6.50. The molecular weight excluding hydrogens is 713 g/mol. The van der Waals surface area contributed by atoms with E-state index in [-0.39, 0.29) is 5.60 Å². The second-order valence-electron chi connectivity index (χ2n) is 18.5. The first-order chi connectivity index (χ1) is 27.9. The number of phenols is 1. The minimum absolute atomic E-state index is 0.343. The number of aromatic hydroxyl groups is 1. The molecule has 4 aromatic rings. The average molecular weight is 791 g/mol. The van der Waals surface area contributed by atoms with Crippen molar-refractivity contribution in [3.63, 3.8) is 0 Å². The van der Waals surface area contributed by atoms with Gasteiger partial charge in [0.05, 0.1) is 16.8 Å². The zero-order valence-corrected chi connectivity index (χ0v) is 37.3. The van der Waals surface area contributed by atoms with Crippen LogP contribution in [0.5, 0.6) is 5.75 Å². The lowest BCUT2D eigenvalue weighted by atomic mass is 9.83. The highest BCUT2D eigenvalue weighted by Crippen LogP contribution is 2.35. The van der Waals surface area contributed by atoms with E-state index < -0.39 is 11.2 Å². The third kappa shape index (κ3) is 19.1. The molecule has 0 bridgehead atoms. The van der Waals surface area contributed by atoms with Crippen LogP contribution < -0.4 is 0 Å². The Labute approximate surface area is 354 Å². The molecule has 0 amide bonds. The molecule has 318 valence electrons. The van der Waals surface area contributed by atoms with E-state index in [0.717, 1.165) is 83.2 Å². The quantitative estimate of drug-likeness (QED) is 0.0535. The van der Waals surface area contributed by atoms with Gasteiger partial charge in [-0.25, -0.2) is 0 Å². The van der Waals surface area contributed by atoms with Gasteiger partial charge in [0.25, 0.3) is 0 Å². The van der Waals surface area contributed by atoms with Crippen LogP contribution in [0.2, 0.25) is 0 Å². The third-order valence-corrected chi connectivity index (χ3v) is 11.4. The maximum Gasteiger partial charge on any atom is 0.119 e. The largest absolute Gasteiger partial charge is 0.508 e. The van der Waals surface area contributed by atoms with Crippen molar-refractivity contribution in [3.05, 3.63) is 137 Å². The minimum atomic E-state index is -0.424. The molecule has 58 heavy (non-hydrogen) atoms. The Kier molecular flexibility index (Phi) is 20.6. The van der Waals surface area contributed by atoms with E-state index >= 15 is 0 Å². The van der Waals surface area contributed by atoms with Crippen LogP contribution in [0, 0.1) is 0 Å². The van der Waals surface area contributed by atoms with E-state index in [2.05, 4.69) is 139 Å². The molecule has 0 heterocycles. The molecule has 0 aliphatic heterocycles. The predicted octanol–water partition coefficient (Wildman–Crippen LogP) is 13.8. The Morgan fingerprint density at radius 2 is 0.690 bits per heavy atom. The van der Waals surface area contributed by atoms with Crippen LogP contribution in [0.4, 0.5) is 0 Å². The Hall–Kier alpha value is -3.44. The van der Waals surface area contributed by atoms with E-state index in [1.807, 2.05) is 6.07 Å². The van der Waals surface area contributed by atoms with Gasteiger partial charge in [-0.15, -0.1) is 0 Å². The van der Waals surface area contributed by atoms with Gasteiger partial charge in [-0.2, -0.15) is 0 Å². The van der Waals surface area contributed by atoms with E-state index in [9.17, 15) is 5.11 Å². The highest BCUT2D eigenvalue weighted by molar-refractivity contribution is 5.46.